The van der Waals surface area contributed by atoms with E-state index in [9.17, 15) is 4.79 Å². The number of likely N-dealkylation sites (tertiary alicyclic amines) is 1. The summed E-state index contributed by atoms with van der Waals surface area (Å²) in [6.07, 6.45) is 4.47. The SMILES string of the molecule is Cc1cc(C)c2c(n1)nn1c(C)c(CCC(=O)N3CCC(Cc4ccccc4)CC3)c(C)nc21. The highest BCUT2D eigenvalue weighted by Crippen LogP contribution is 2.26. The van der Waals surface area contributed by atoms with E-state index in [4.69, 9.17) is 10.1 Å². The molecule has 176 valence electrons. The van der Waals surface area contributed by atoms with Crippen LogP contribution in [0.3, 0.4) is 0 Å². The summed E-state index contributed by atoms with van der Waals surface area (Å²) in [5, 5.41) is 5.76. The Hall–Kier alpha value is -3.28. The van der Waals surface area contributed by atoms with Crippen LogP contribution in [0.15, 0.2) is 36.4 Å². The molecular formula is C28H33N5O. The molecule has 0 unspecified atom stereocenters. The molecule has 1 saturated heterocycles. The van der Waals surface area contributed by atoms with Crippen LogP contribution in [0.4, 0.5) is 0 Å². The summed E-state index contributed by atoms with van der Waals surface area (Å²) in [6.45, 7) is 9.91. The van der Waals surface area contributed by atoms with E-state index in [1.54, 1.807) is 0 Å². The van der Waals surface area contributed by atoms with Gasteiger partial charge in [-0.05, 0) is 82.1 Å². The smallest absolute Gasteiger partial charge is 0.222 e. The van der Waals surface area contributed by atoms with E-state index in [1.807, 2.05) is 18.4 Å². The molecule has 6 heteroatoms. The van der Waals surface area contributed by atoms with Gasteiger partial charge in [-0.3, -0.25) is 4.79 Å². The highest BCUT2D eigenvalue weighted by Gasteiger charge is 2.24. The van der Waals surface area contributed by atoms with Gasteiger partial charge in [-0.15, -0.1) is 5.10 Å². The monoisotopic (exact) mass is 455 g/mol. The average molecular weight is 456 g/mol. The lowest BCUT2D eigenvalue weighted by Gasteiger charge is -2.32. The van der Waals surface area contributed by atoms with Crippen molar-refractivity contribution in [2.45, 2.75) is 59.8 Å². The third kappa shape index (κ3) is 4.29. The second-order valence-corrected chi connectivity index (χ2v) is 9.79. The summed E-state index contributed by atoms with van der Waals surface area (Å²) in [4.78, 5) is 24.6. The Kier molecular flexibility index (Phi) is 6.07. The Bertz CT molecular complexity index is 1350. The molecule has 3 aromatic heterocycles. The first-order valence-corrected chi connectivity index (χ1v) is 12.3. The number of nitrogens with zero attached hydrogens (tertiary/aromatic N) is 5. The molecule has 34 heavy (non-hydrogen) atoms. The largest absolute Gasteiger partial charge is 0.343 e. The lowest BCUT2D eigenvalue weighted by atomic mass is 9.90. The summed E-state index contributed by atoms with van der Waals surface area (Å²) in [5.74, 6) is 0.910. The Morgan fingerprint density at radius 2 is 1.76 bits per heavy atom. The van der Waals surface area contributed by atoms with Crippen LogP contribution in [0, 0.1) is 33.6 Å². The van der Waals surface area contributed by atoms with E-state index in [0.29, 0.717) is 18.8 Å². The third-order valence-electron chi connectivity index (χ3n) is 7.33. The van der Waals surface area contributed by atoms with Gasteiger partial charge >= 0.3 is 0 Å². The highest BCUT2D eigenvalue weighted by atomic mass is 16.2. The first kappa shape index (κ1) is 22.5. The number of aromatic nitrogens is 4. The Labute approximate surface area is 201 Å². The summed E-state index contributed by atoms with van der Waals surface area (Å²) >= 11 is 0. The molecule has 1 aromatic carbocycles. The van der Waals surface area contributed by atoms with Crippen molar-refractivity contribution in [3.05, 3.63) is 70.2 Å². The van der Waals surface area contributed by atoms with Gasteiger partial charge in [0.1, 0.15) is 0 Å². The predicted molar refractivity (Wildman–Crippen MR) is 135 cm³/mol. The Morgan fingerprint density at radius 1 is 1.03 bits per heavy atom. The van der Waals surface area contributed by atoms with Crippen LogP contribution in [-0.2, 0) is 17.6 Å². The zero-order valence-corrected chi connectivity index (χ0v) is 20.6. The summed E-state index contributed by atoms with van der Waals surface area (Å²) in [6, 6.07) is 12.8. The quantitative estimate of drug-likeness (QED) is 0.428. The van der Waals surface area contributed by atoms with Crippen molar-refractivity contribution in [2.24, 2.45) is 5.92 Å². The van der Waals surface area contributed by atoms with Crippen molar-refractivity contribution in [1.29, 1.82) is 0 Å². The lowest BCUT2D eigenvalue weighted by Crippen LogP contribution is -2.39. The number of fused-ring (bicyclic) bond motifs is 3. The van der Waals surface area contributed by atoms with E-state index in [1.165, 1.54) is 5.56 Å². The summed E-state index contributed by atoms with van der Waals surface area (Å²) in [7, 11) is 0. The maximum absolute atomic E-state index is 13.0. The van der Waals surface area contributed by atoms with Gasteiger partial charge in [0.15, 0.2) is 11.3 Å². The molecule has 0 N–H and O–H groups in total. The number of carbonyl (C=O) groups excluding carboxylic acids is 1. The number of carbonyl (C=O) groups is 1. The van der Waals surface area contributed by atoms with Gasteiger partial charge in [-0.1, -0.05) is 30.3 Å². The van der Waals surface area contributed by atoms with Gasteiger partial charge in [0.05, 0.1) is 5.39 Å². The van der Waals surface area contributed by atoms with Gasteiger partial charge in [-0.25, -0.2) is 14.5 Å². The van der Waals surface area contributed by atoms with E-state index in [2.05, 4.69) is 60.1 Å². The van der Waals surface area contributed by atoms with Gasteiger partial charge in [0.25, 0.3) is 0 Å². The van der Waals surface area contributed by atoms with Crippen molar-refractivity contribution in [1.82, 2.24) is 24.5 Å². The first-order valence-electron chi connectivity index (χ1n) is 12.3. The topological polar surface area (TPSA) is 63.4 Å². The van der Waals surface area contributed by atoms with Crippen LogP contribution in [0.2, 0.25) is 0 Å². The lowest BCUT2D eigenvalue weighted by molar-refractivity contribution is -0.132. The number of pyridine rings is 1. The maximum Gasteiger partial charge on any atom is 0.222 e. The molecule has 1 amide bonds. The minimum atomic E-state index is 0.246. The van der Waals surface area contributed by atoms with E-state index < -0.39 is 0 Å². The van der Waals surface area contributed by atoms with Gasteiger partial charge in [-0.2, -0.15) is 0 Å². The van der Waals surface area contributed by atoms with Crippen LogP contribution >= 0.6 is 0 Å². The van der Waals surface area contributed by atoms with Crippen molar-refractivity contribution in [3.8, 4) is 0 Å². The number of hydrogen-bond acceptors (Lipinski definition) is 4. The van der Waals surface area contributed by atoms with Crippen LogP contribution in [0.25, 0.3) is 16.7 Å². The molecule has 4 aromatic rings. The average Bonchev–Trinajstić information content (AvgIpc) is 3.18. The zero-order valence-electron chi connectivity index (χ0n) is 20.6. The Balaban J connectivity index is 1.26. The van der Waals surface area contributed by atoms with E-state index in [0.717, 1.165) is 77.2 Å². The number of aryl methyl sites for hydroxylation is 4. The second-order valence-electron chi connectivity index (χ2n) is 9.79. The number of amides is 1. The fourth-order valence-electron chi connectivity index (χ4n) is 5.45. The molecule has 0 spiro atoms. The number of benzene rings is 1. The van der Waals surface area contributed by atoms with Gasteiger partial charge < -0.3 is 4.90 Å². The molecule has 0 bridgehead atoms. The molecule has 1 aliphatic heterocycles. The van der Waals surface area contributed by atoms with Crippen molar-refractivity contribution in [3.63, 3.8) is 0 Å². The standard InChI is InChI=1S/C28H33N5O/c1-18-16-19(2)29-27-26(18)28-30-20(3)24(21(4)33(28)31-27)10-11-25(34)32-14-12-23(13-15-32)17-22-8-6-5-7-9-22/h5-9,16,23H,10-15,17H2,1-4H3. The van der Waals surface area contributed by atoms with Crippen molar-refractivity contribution in [2.75, 3.05) is 13.1 Å². The number of hydrogen-bond donors (Lipinski definition) is 0. The number of rotatable bonds is 5. The van der Waals surface area contributed by atoms with Crippen molar-refractivity contribution < 1.29 is 4.79 Å². The molecule has 0 saturated carbocycles. The normalized spacial score (nSPS) is 14.9. The molecule has 0 radical (unpaired) electrons. The Morgan fingerprint density at radius 3 is 2.50 bits per heavy atom. The summed E-state index contributed by atoms with van der Waals surface area (Å²) in [5.41, 5.74) is 8.22. The van der Waals surface area contributed by atoms with Gasteiger partial charge in [0, 0.05) is 36.6 Å². The summed E-state index contributed by atoms with van der Waals surface area (Å²) < 4.78 is 1.91. The minimum absolute atomic E-state index is 0.246. The first-order chi connectivity index (χ1) is 16.4. The molecule has 1 fully saturated rings. The predicted octanol–water partition coefficient (Wildman–Crippen LogP) is 4.93. The highest BCUT2D eigenvalue weighted by molar-refractivity contribution is 5.93. The second kappa shape index (κ2) is 9.16. The molecule has 4 heterocycles. The molecule has 6 nitrogen and oxygen atoms in total. The fourth-order valence-corrected chi connectivity index (χ4v) is 5.45. The molecule has 1 aliphatic rings. The van der Waals surface area contributed by atoms with Crippen LogP contribution in [0.1, 0.15) is 53.0 Å². The molecule has 0 aliphatic carbocycles. The minimum Gasteiger partial charge on any atom is -0.343 e. The van der Waals surface area contributed by atoms with Crippen molar-refractivity contribution >= 4 is 22.6 Å². The molecular weight excluding hydrogens is 422 g/mol. The van der Waals surface area contributed by atoms with Gasteiger partial charge in [0.2, 0.25) is 5.91 Å². The zero-order chi connectivity index (χ0) is 23.8. The van der Waals surface area contributed by atoms with E-state index in [-0.39, 0.29) is 5.91 Å². The van der Waals surface area contributed by atoms with Crippen LogP contribution in [-0.4, -0.2) is 43.5 Å². The van der Waals surface area contributed by atoms with Crippen LogP contribution < -0.4 is 0 Å². The number of piperidine rings is 1. The van der Waals surface area contributed by atoms with E-state index >= 15 is 0 Å². The molecule has 5 rings (SSSR count). The maximum atomic E-state index is 13.0. The van der Waals surface area contributed by atoms with Crippen LogP contribution in [0.5, 0.6) is 0 Å². The third-order valence-corrected chi connectivity index (χ3v) is 7.33. The fraction of sp³-hybridized carbons (Fsp3) is 0.429. The molecule has 0 atom stereocenters.